The molecular formula is C15H27F2N3O4Si2. The summed E-state index contributed by atoms with van der Waals surface area (Å²) in [5.74, 6) is -3.46. The summed E-state index contributed by atoms with van der Waals surface area (Å²) in [6.45, 7) is 11.3. The van der Waals surface area contributed by atoms with Crippen LogP contribution in [0.4, 0.5) is 14.6 Å². The molecule has 1 fully saturated rings. The lowest BCUT2D eigenvalue weighted by Crippen LogP contribution is -2.49. The fourth-order valence-corrected chi connectivity index (χ4v) is 4.30. The third-order valence-corrected chi connectivity index (χ3v) is 5.61. The Balaban J connectivity index is 2.37. The van der Waals surface area contributed by atoms with Gasteiger partial charge in [0.1, 0.15) is 18.0 Å². The summed E-state index contributed by atoms with van der Waals surface area (Å²) < 4.78 is 48.1. The lowest BCUT2D eigenvalue weighted by molar-refractivity contribution is -0.137. The van der Waals surface area contributed by atoms with Crippen LogP contribution in [0, 0.1) is 0 Å². The third-order valence-electron chi connectivity index (χ3n) is 3.62. The van der Waals surface area contributed by atoms with Crippen LogP contribution in [0.25, 0.3) is 0 Å². The van der Waals surface area contributed by atoms with Gasteiger partial charge in [-0.15, -0.1) is 0 Å². The van der Waals surface area contributed by atoms with Gasteiger partial charge in [0.25, 0.3) is 0 Å². The van der Waals surface area contributed by atoms with Gasteiger partial charge in [0, 0.05) is 6.20 Å². The van der Waals surface area contributed by atoms with Crippen molar-refractivity contribution in [2.45, 2.75) is 63.6 Å². The molecule has 1 aromatic heterocycles. The Labute approximate surface area is 153 Å². The number of alkyl halides is 2. The monoisotopic (exact) mass is 407 g/mol. The number of halogens is 2. The van der Waals surface area contributed by atoms with Crippen molar-refractivity contribution < 1.29 is 22.4 Å². The molecule has 7 nitrogen and oxygen atoms in total. The van der Waals surface area contributed by atoms with Crippen LogP contribution >= 0.6 is 0 Å². The lowest BCUT2D eigenvalue weighted by atomic mass is 10.1. The number of nitrogen functional groups attached to an aromatic ring is 1. The van der Waals surface area contributed by atoms with Gasteiger partial charge in [-0.3, -0.25) is 4.57 Å². The van der Waals surface area contributed by atoms with E-state index in [9.17, 15) is 4.79 Å². The highest BCUT2D eigenvalue weighted by molar-refractivity contribution is 6.70. The van der Waals surface area contributed by atoms with Crippen LogP contribution in [-0.2, 0) is 13.6 Å². The quantitative estimate of drug-likeness (QED) is 0.729. The molecular weight excluding hydrogens is 380 g/mol. The molecule has 0 saturated carbocycles. The fraction of sp³-hybridized carbons (Fsp3) is 0.733. The maximum atomic E-state index is 15.1. The summed E-state index contributed by atoms with van der Waals surface area (Å²) in [6.07, 6.45) is -3.14. The average molecular weight is 408 g/mol. The van der Waals surface area contributed by atoms with E-state index < -0.39 is 46.7 Å². The second kappa shape index (κ2) is 7.11. The van der Waals surface area contributed by atoms with Gasteiger partial charge in [-0.25, -0.2) is 4.79 Å². The van der Waals surface area contributed by atoms with Gasteiger partial charge in [0.2, 0.25) is 6.23 Å². The van der Waals surface area contributed by atoms with Gasteiger partial charge in [-0.1, -0.05) is 0 Å². The van der Waals surface area contributed by atoms with Crippen molar-refractivity contribution in [3.8, 4) is 0 Å². The highest BCUT2D eigenvalue weighted by Crippen LogP contribution is 2.45. The summed E-state index contributed by atoms with van der Waals surface area (Å²) in [4.78, 5) is 15.5. The smallest absolute Gasteiger partial charge is 0.351 e. The number of nitrogens with zero attached hydrogens (tertiary/aromatic N) is 2. The topological polar surface area (TPSA) is 88.6 Å². The molecule has 0 aromatic carbocycles. The maximum Gasteiger partial charge on any atom is 0.351 e. The highest BCUT2D eigenvalue weighted by Gasteiger charge is 2.61. The van der Waals surface area contributed by atoms with Crippen LogP contribution < -0.4 is 11.4 Å². The highest BCUT2D eigenvalue weighted by atomic mass is 28.4. The van der Waals surface area contributed by atoms with Crippen molar-refractivity contribution >= 4 is 22.5 Å². The minimum Gasteiger partial charge on any atom is -0.415 e. The summed E-state index contributed by atoms with van der Waals surface area (Å²) in [7, 11) is -4.25. The minimum atomic E-state index is -3.42. The first kappa shape index (κ1) is 21.2. The molecule has 148 valence electrons. The summed E-state index contributed by atoms with van der Waals surface area (Å²) in [6, 6.07) is 1.28. The van der Waals surface area contributed by atoms with E-state index in [4.69, 9.17) is 19.3 Å². The van der Waals surface area contributed by atoms with Crippen LogP contribution in [0.2, 0.25) is 39.3 Å². The predicted octanol–water partition coefficient (Wildman–Crippen LogP) is 2.43. The molecule has 26 heavy (non-hydrogen) atoms. The van der Waals surface area contributed by atoms with Crippen molar-refractivity contribution in [3.63, 3.8) is 0 Å². The van der Waals surface area contributed by atoms with Crippen molar-refractivity contribution in [1.29, 1.82) is 0 Å². The van der Waals surface area contributed by atoms with E-state index in [1.54, 1.807) is 0 Å². The minimum absolute atomic E-state index is 0.0197. The molecule has 1 saturated heterocycles. The predicted molar refractivity (Wildman–Crippen MR) is 99.3 cm³/mol. The largest absolute Gasteiger partial charge is 0.415 e. The number of ether oxygens (including phenoxy) is 1. The molecule has 2 heterocycles. The summed E-state index contributed by atoms with van der Waals surface area (Å²) >= 11 is 0. The van der Waals surface area contributed by atoms with E-state index in [1.807, 2.05) is 39.3 Å². The second-order valence-corrected chi connectivity index (χ2v) is 17.3. The van der Waals surface area contributed by atoms with Crippen LogP contribution in [-0.4, -0.2) is 50.9 Å². The van der Waals surface area contributed by atoms with Gasteiger partial charge >= 0.3 is 11.6 Å². The first-order valence-electron chi connectivity index (χ1n) is 8.40. The Morgan fingerprint density at radius 1 is 1.27 bits per heavy atom. The van der Waals surface area contributed by atoms with Crippen molar-refractivity contribution in [2.24, 2.45) is 0 Å². The molecule has 0 aliphatic carbocycles. The molecule has 11 heteroatoms. The molecule has 0 radical (unpaired) electrons. The number of nitrogens with two attached hydrogens (primary N) is 1. The molecule has 0 spiro atoms. The number of anilines is 1. The van der Waals surface area contributed by atoms with E-state index >= 15 is 8.78 Å². The SMILES string of the molecule is C[Si](C)(C)OC[C@H]1O[C@@H](n2ccc(N)nc2=O)C(F)(F)C1O[Si](C)(C)C. The first-order valence-corrected chi connectivity index (χ1v) is 15.2. The van der Waals surface area contributed by atoms with E-state index in [2.05, 4.69) is 4.98 Å². The van der Waals surface area contributed by atoms with Crippen LogP contribution in [0.3, 0.4) is 0 Å². The van der Waals surface area contributed by atoms with Crippen molar-refractivity contribution in [2.75, 3.05) is 12.3 Å². The molecule has 1 aliphatic rings. The van der Waals surface area contributed by atoms with E-state index in [0.717, 1.165) is 10.8 Å². The van der Waals surface area contributed by atoms with Crippen molar-refractivity contribution in [1.82, 2.24) is 9.55 Å². The van der Waals surface area contributed by atoms with E-state index in [1.165, 1.54) is 6.07 Å². The van der Waals surface area contributed by atoms with Gasteiger partial charge in [-0.05, 0) is 45.3 Å². The van der Waals surface area contributed by atoms with Crippen LogP contribution in [0.5, 0.6) is 0 Å². The van der Waals surface area contributed by atoms with Crippen LogP contribution in [0.1, 0.15) is 6.23 Å². The lowest BCUT2D eigenvalue weighted by Gasteiger charge is -2.31. The number of hydrogen-bond donors (Lipinski definition) is 1. The normalized spacial score (nSPS) is 26.2. The van der Waals surface area contributed by atoms with Gasteiger partial charge in [0.15, 0.2) is 16.6 Å². The Hall–Kier alpha value is -1.15. The van der Waals surface area contributed by atoms with E-state index in [-0.39, 0.29) is 12.4 Å². The maximum absolute atomic E-state index is 15.1. The number of rotatable bonds is 6. The Kier molecular flexibility index (Phi) is 5.79. The standard InChI is InChI=1S/C15H27F2N3O4Si2/c1-25(2,3)22-9-10-12(24-26(4,5)6)15(16,17)13(23-10)20-8-7-11(18)19-14(20)21/h7-8,10,12-13H,9H2,1-6H3,(H2,18,19,21)/t10-,12?,13-/m1/s1. The Morgan fingerprint density at radius 3 is 2.38 bits per heavy atom. The Morgan fingerprint density at radius 2 is 1.88 bits per heavy atom. The zero-order valence-electron chi connectivity index (χ0n) is 16.0. The van der Waals surface area contributed by atoms with Gasteiger partial charge < -0.3 is 19.3 Å². The van der Waals surface area contributed by atoms with Crippen molar-refractivity contribution in [3.05, 3.63) is 22.7 Å². The average Bonchev–Trinajstić information content (AvgIpc) is 2.67. The molecule has 1 aromatic rings. The number of hydrogen-bond acceptors (Lipinski definition) is 6. The van der Waals surface area contributed by atoms with E-state index in [0.29, 0.717) is 0 Å². The van der Waals surface area contributed by atoms with Gasteiger partial charge in [-0.2, -0.15) is 13.8 Å². The molecule has 3 atom stereocenters. The molecule has 2 rings (SSSR count). The molecule has 2 N–H and O–H groups in total. The first-order chi connectivity index (χ1) is 11.7. The zero-order valence-corrected chi connectivity index (χ0v) is 18.0. The molecule has 1 aliphatic heterocycles. The zero-order chi connectivity index (χ0) is 19.9. The Bertz CT molecular complexity index is 703. The summed E-state index contributed by atoms with van der Waals surface area (Å²) in [5, 5.41) is 0. The molecule has 0 bridgehead atoms. The molecule has 0 amide bonds. The van der Waals surface area contributed by atoms with Gasteiger partial charge in [0.05, 0.1) is 6.61 Å². The second-order valence-electron chi connectivity index (χ2n) is 8.32. The van der Waals surface area contributed by atoms with Crippen LogP contribution in [0.15, 0.2) is 17.1 Å². The summed E-state index contributed by atoms with van der Waals surface area (Å²) in [5.41, 5.74) is 4.54. The molecule has 1 unspecified atom stereocenters. The third kappa shape index (κ3) is 4.97. The number of aromatic nitrogens is 2. The fourth-order valence-electron chi connectivity index (χ4n) is 2.57.